The van der Waals surface area contributed by atoms with Crippen LogP contribution in [0.4, 0.5) is 0 Å². The number of aromatic nitrogens is 3. The first kappa shape index (κ1) is 15.3. The third-order valence-corrected chi connectivity index (χ3v) is 2.70. The number of nitrogens with zero attached hydrogens (tertiary/aromatic N) is 3. The van der Waals surface area contributed by atoms with Gasteiger partial charge in [-0.1, -0.05) is 37.8 Å². The van der Waals surface area contributed by atoms with Gasteiger partial charge in [-0.05, 0) is 6.42 Å². The Morgan fingerprint density at radius 1 is 1.26 bits per heavy atom. The van der Waals surface area contributed by atoms with Crippen LogP contribution in [0.3, 0.4) is 0 Å². The van der Waals surface area contributed by atoms with Crippen molar-refractivity contribution in [1.82, 2.24) is 15.0 Å². The fourth-order valence-corrected chi connectivity index (χ4v) is 1.61. The molecule has 1 aromatic heterocycles. The maximum absolute atomic E-state index is 11.5. The Kier molecular flexibility index (Phi) is 6.78. The van der Waals surface area contributed by atoms with Gasteiger partial charge in [0.25, 0.3) is 0 Å². The van der Waals surface area contributed by atoms with Gasteiger partial charge in [-0.2, -0.15) is 0 Å². The van der Waals surface area contributed by atoms with E-state index in [2.05, 4.69) is 17.2 Å². The lowest BCUT2D eigenvalue weighted by atomic mass is 10.2. The molecule has 1 rings (SSSR count). The minimum absolute atomic E-state index is 0.00472. The van der Waals surface area contributed by atoms with Gasteiger partial charge < -0.3 is 4.74 Å². The van der Waals surface area contributed by atoms with Gasteiger partial charge in [-0.3, -0.25) is 9.59 Å². The number of Topliss-reactive ketones (excluding diaryl/α,β-unsaturated/α-hetero) is 1. The number of carbonyl (C=O) groups excluding carboxylic acids is 2. The van der Waals surface area contributed by atoms with Crippen molar-refractivity contribution in [3.63, 3.8) is 0 Å². The number of unbranched alkanes of at least 4 members (excludes halogenated alkanes) is 4. The maximum atomic E-state index is 11.5. The maximum Gasteiger partial charge on any atom is 0.327 e. The molecule has 0 saturated carbocycles. The third kappa shape index (κ3) is 6.13. The van der Waals surface area contributed by atoms with Gasteiger partial charge in [0, 0.05) is 6.92 Å². The van der Waals surface area contributed by atoms with E-state index < -0.39 is 0 Å². The van der Waals surface area contributed by atoms with E-state index in [1.807, 2.05) is 0 Å². The predicted octanol–water partition coefficient (Wildman–Crippen LogP) is 1.99. The first-order valence-corrected chi connectivity index (χ1v) is 6.70. The molecule has 6 nitrogen and oxygen atoms in total. The Bertz CT molecular complexity index is 415. The standard InChI is InChI=1S/C13H21N3O3/c1-3-4-5-6-7-8-19-13(18)10-16-9-12(11(2)17)14-15-16/h9H,3-8,10H2,1-2H3. The highest BCUT2D eigenvalue weighted by molar-refractivity contribution is 5.91. The van der Waals surface area contributed by atoms with Crippen molar-refractivity contribution in [1.29, 1.82) is 0 Å². The number of esters is 1. The molecule has 19 heavy (non-hydrogen) atoms. The Morgan fingerprint density at radius 2 is 2.00 bits per heavy atom. The molecule has 1 heterocycles. The van der Waals surface area contributed by atoms with Gasteiger partial charge in [0.1, 0.15) is 12.2 Å². The van der Waals surface area contributed by atoms with Crippen LogP contribution in [-0.4, -0.2) is 33.4 Å². The second-order valence-corrected chi connectivity index (χ2v) is 4.49. The average Bonchev–Trinajstić information content (AvgIpc) is 2.82. The van der Waals surface area contributed by atoms with Crippen LogP contribution < -0.4 is 0 Å². The SMILES string of the molecule is CCCCCCCOC(=O)Cn1cc(C(C)=O)nn1. The number of ether oxygens (including phenoxy) is 1. The van der Waals surface area contributed by atoms with Gasteiger partial charge >= 0.3 is 5.97 Å². The molecule has 106 valence electrons. The van der Waals surface area contributed by atoms with Gasteiger partial charge in [-0.15, -0.1) is 5.10 Å². The average molecular weight is 267 g/mol. The van der Waals surface area contributed by atoms with Crippen LogP contribution in [0.1, 0.15) is 56.4 Å². The van der Waals surface area contributed by atoms with Crippen LogP contribution in [0.5, 0.6) is 0 Å². The zero-order chi connectivity index (χ0) is 14.1. The molecular weight excluding hydrogens is 246 g/mol. The largest absolute Gasteiger partial charge is 0.464 e. The topological polar surface area (TPSA) is 74.1 Å². The van der Waals surface area contributed by atoms with E-state index in [0.717, 1.165) is 12.8 Å². The van der Waals surface area contributed by atoms with Gasteiger partial charge in [0.2, 0.25) is 0 Å². The first-order chi connectivity index (χ1) is 9.13. The van der Waals surface area contributed by atoms with Crippen LogP contribution >= 0.6 is 0 Å². The van der Waals surface area contributed by atoms with E-state index in [1.54, 1.807) is 0 Å². The van der Waals surface area contributed by atoms with Gasteiger partial charge in [0.05, 0.1) is 12.8 Å². The van der Waals surface area contributed by atoms with Crippen LogP contribution in [0.15, 0.2) is 6.20 Å². The molecule has 0 atom stereocenters. The summed E-state index contributed by atoms with van der Waals surface area (Å²) in [5.41, 5.74) is 0.257. The zero-order valence-electron chi connectivity index (χ0n) is 11.6. The molecule has 0 aliphatic rings. The monoisotopic (exact) mass is 267 g/mol. The molecule has 1 aromatic rings. The summed E-state index contributed by atoms with van der Waals surface area (Å²) < 4.78 is 6.40. The quantitative estimate of drug-likeness (QED) is 0.388. The van der Waals surface area contributed by atoms with Crippen molar-refractivity contribution >= 4 is 11.8 Å². The molecule has 0 N–H and O–H groups in total. The summed E-state index contributed by atoms with van der Waals surface area (Å²) in [6.07, 6.45) is 7.02. The summed E-state index contributed by atoms with van der Waals surface area (Å²) in [5, 5.41) is 7.35. The predicted molar refractivity (Wildman–Crippen MR) is 69.7 cm³/mol. The smallest absolute Gasteiger partial charge is 0.327 e. The molecule has 0 aromatic carbocycles. The van der Waals surface area contributed by atoms with E-state index in [-0.39, 0.29) is 24.0 Å². The lowest BCUT2D eigenvalue weighted by Gasteiger charge is -2.04. The van der Waals surface area contributed by atoms with E-state index in [0.29, 0.717) is 6.61 Å². The van der Waals surface area contributed by atoms with Crippen LogP contribution in [-0.2, 0) is 16.1 Å². The third-order valence-electron chi connectivity index (χ3n) is 2.70. The van der Waals surface area contributed by atoms with Crippen molar-refractivity contribution < 1.29 is 14.3 Å². The molecule has 0 aliphatic heterocycles. The Hall–Kier alpha value is -1.72. The summed E-state index contributed by atoms with van der Waals surface area (Å²) in [4.78, 5) is 22.5. The summed E-state index contributed by atoms with van der Waals surface area (Å²) >= 11 is 0. The summed E-state index contributed by atoms with van der Waals surface area (Å²) in [6.45, 7) is 4.00. The molecule has 0 fully saturated rings. The highest BCUT2D eigenvalue weighted by atomic mass is 16.5. The molecule has 0 bridgehead atoms. The number of hydrogen-bond donors (Lipinski definition) is 0. The van der Waals surface area contributed by atoms with Crippen LogP contribution in [0.2, 0.25) is 0 Å². The summed E-state index contributed by atoms with van der Waals surface area (Å²) in [6, 6.07) is 0. The Morgan fingerprint density at radius 3 is 2.63 bits per heavy atom. The van der Waals surface area contributed by atoms with E-state index >= 15 is 0 Å². The zero-order valence-corrected chi connectivity index (χ0v) is 11.6. The second kappa shape index (κ2) is 8.39. The number of carbonyl (C=O) groups is 2. The van der Waals surface area contributed by atoms with E-state index in [9.17, 15) is 9.59 Å². The van der Waals surface area contributed by atoms with Crippen molar-refractivity contribution in [2.75, 3.05) is 6.61 Å². The number of hydrogen-bond acceptors (Lipinski definition) is 5. The lowest BCUT2D eigenvalue weighted by Crippen LogP contribution is -2.14. The fraction of sp³-hybridized carbons (Fsp3) is 0.692. The minimum Gasteiger partial charge on any atom is -0.464 e. The van der Waals surface area contributed by atoms with Crippen LogP contribution in [0.25, 0.3) is 0 Å². The number of ketones is 1. The van der Waals surface area contributed by atoms with Gasteiger partial charge in [-0.25, -0.2) is 4.68 Å². The van der Waals surface area contributed by atoms with Crippen molar-refractivity contribution in [2.24, 2.45) is 0 Å². The van der Waals surface area contributed by atoms with Gasteiger partial charge in [0.15, 0.2) is 5.78 Å². The highest BCUT2D eigenvalue weighted by Gasteiger charge is 2.09. The summed E-state index contributed by atoms with van der Waals surface area (Å²) in [5.74, 6) is -0.522. The summed E-state index contributed by atoms with van der Waals surface area (Å²) in [7, 11) is 0. The van der Waals surface area contributed by atoms with Crippen molar-refractivity contribution in [3.8, 4) is 0 Å². The highest BCUT2D eigenvalue weighted by Crippen LogP contribution is 2.02. The Balaban J connectivity index is 2.18. The molecule has 0 spiro atoms. The molecule has 0 amide bonds. The van der Waals surface area contributed by atoms with Crippen molar-refractivity contribution in [2.45, 2.75) is 52.5 Å². The van der Waals surface area contributed by atoms with Crippen molar-refractivity contribution in [3.05, 3.63) is 11.9 Å². The normalized spacial score (nSPS) is 10.4. The second-order valence-electron chi connectivity index (χ2n) is 4.49. The molecular formula is C13H21N3O3. The fourth-order valence-electron chi connectivity index (χ4n) is 1.61. The first-order valence-electron chi connectivity index (χ1n) is 6.70. The van der Waals surface area contributed by atoms with E-state index in [1.165, 1.54) is 37.1 Å². The minimum atomic E-state index is -0.351. The molecule has 0 radical (unpaired) electrons. The van der Waals surface area contributed by atoms with Crippen LogP contribution in [0, 0.1) is 0 Å². The Labute approximate surface area is 113 Å². The molecule has 6 heteroatoms. The molecule has 0 saturated heterocycles. The lowest BCUT2D eigenvalue weighted by molar-refractivity contribution is -0.144. The number of rotatable bonds is 9. The molecule has 0 unspecified atom stereocenters. The van der Waals surface area contributed by atoms with E-state index in [4.69, 9.17) is 4.74 Å². The molecule has 0 aliphatic carbocycles.